The van der Waals surface area contributed by atoms with Crippen molar-refractivity contribution in [3.63, 3.8) is 0 Å². The molecule has 24 heavy (non-hydrogen) atoms. The molecule has 0 bridgehead atoms. The Kier molecular flexibility index (Phi) is 6.92. The Hall–Kier alpha value is -1.93. The van der Waals surface area contributed by atoms with Crippen LogP contribution in [0.3, 0.4) is 0 Å². The maximum Gasteiger partial charge on any atom is 0.338 e. The molecule has 0 aliphatic heterocycles. The van der Waals surface area contributed by atoms with E-state index in [0.29, 0.717) is 13.1 Å². The van der Waals surface area contributed by atoms with Crippen molar-refractivity contribution >= 4 is 21.9 Å². The van der Waals surface area contributed by atoms with E-state index in [1.54, 1.807) is 27.9 Å². The van der Waals surface area contributed by atoms with Gasteiger partial charge in [-0.25, -0.2) is 13.2 Å². The highest BCUT2D eigenvalue weighted by molar-refractivity contribution is 7.89. The number of benzene rings is 1. The molecule has 0 saturated heterocycles. The fourth-order valence-corrected chi connectivity index (χ4v) is 3.64. The fourth-order valence-electron chi connectivity index (χ4n) is 2.14. The maximum absolute atomic E-state index is 12.5. The van der Waals surface area contributed by atoms with E-state index in [4.69, 9.17) is 4.74 Å². The number of hydrogen-bond acceptors (Lipinski definition) is 5. The topological polar surface area (TPSA) is 84.0 Å². The van der Waals surface area contributed by atoms with Gasteiger partial charge in [0.05, 0.1) is 10.5 Å². The molecule has 0 aliphatic carbocycles. The van der Waals surface area contributed by atoms with Crippen molar-refractivity contribution in [3.05, 3.63) is 29.8 Å². The van der Waals surface area contributed by atoms with Crippen molar-refractivity contribution in [3.8, 4) is 0 Å². The van der Waals surface area contributed by atoms with Gasteiger partial charge < -0.3 is 9.64 Å². The van der Waals surface area contributed by atoms with E-state index in [0.717, 1.165) is 0 Å². The normalized spacial score (nSPS) is 12.8. The zero-order valence-electron chi connectivity index (χ0n) is 14.6. The van der Waals surface area contributed by atoms with E-state index < -0.39 is 22.1 Å². The second-order valence-corrected chi connectivity index (χ2v) is 7.34. The number of rotatable bonds is 7. The molecule has 0 spiro atoms. The van der Waals surface area contributed by atoms with Gasteiger partial charge in [-0.2, -0.15) is 4.31 Å². The number of amides is 1. The lowest BCUT2D eigenvalue weighted by Gasteiger charge is -2.19. The van der Waals surface area contributed by atoms with Crippen molar-refractivity contribution in [2.45, 2.75) is 31.8 Å². The molecule has 0 N–H and O–H groups in total. The van der Waals surface area contributed by atoms with E-state index in [1.807, 2.05) is 0 Å². The van der Waals surface area contributed by atoms with Crippen LogP contribution in [0.4, 0.5) is 0 Å². The molecule has 1 rings (SSSR count). The number of hydrogen-bond donors (Lipinski definition) is 0. The smallest absolute Gasteiger partial charge is 0.338 e. The monoisotopic (exact) mass is 356 g/mol. The van der Waals surface area contributed by atoms with Crippen LogP contribution >= 0.6 is 0 Å². The van der Waals surface area contributed by atoms with Gasteiger partial charge in [-0.15, -0.1) is 0 Å². The Morgan fingerprint density at radius 1 is 1.17 bits per heavy atom. The molecule has 0 aliphatic rings. The lowest BCUT2D eigenvalue weighted by molar-refractivity contribution is -0.137. The number of esters is 1. The lowest BCUT2D eigenvalue weighted by Crippen LogP contribution is -2.35. The quantitative estimate of drug-likeness (QED) is 0.689. The molecule has 0 radical (unpaired) electrons. The van der Waals surface area contributed by atoms with E-state index >= 15 is 0 Å². The van der Waals surface area contributed by atoms with Crippen LogP contribution < -0.4 is 0 Å². The maximum atomic E-state index is 12.5. The van der Waals surface area contributed by atoms with Crippen LogP contribution in [0, 0.1) is 0 Å². The molecule has 8 heteroatoms. The average molecular weight is 356 g/mol. The van der Waals surface area contributed by atoms with E-state index in [1.165, 1.54) is 40.4 Å². The third kappa shape index (κ3) is 4.55. The Labute approximate surface area is 143 Å². The largest absolute Gasteiger partial charge is 0.449 e. The van der Waals surface area contributed by atoms with E-state index in [9.17, 15) is 18.0 Å². The van der Waals surface area contributed by atoms with Gasteiger partial charge in [0.25, 0.3) is 5.91 Å². The molecule has 1 aromatic rings. The molecule has 1 amide bonds. The highest BCUT2D eigenvalue weighted by atomic mass is 32.2. The lowest BCUT2D eigenvalue weighted by atomic mass is 10.2. The predicted octanol–water partition coefficient (Wildman–Crippen LogP) is 1.35. The van der Waals surface area contributed by atoms with Gasteiger partial charge >= 0.3 is 5.97 Å². The standard InChI is InChI=1S/C16H24N2O5S/c1-6-18(7-2)24(21,22)14-10-8-9-13(11-14)16(20)23-12(3)15(19)17(4)5/h8-12H,6-7H2,1-5H3/t12-/m0/s1. The highest BCUT2D eigenvalue weighted by Crippen LogP contribution is 2.18. The highest BCUT2D eigenvalue weighted by Gasteiger charge is 2.24. The summed E-state index contributed by atoms with van der Waals surface area (Å²) in [6.45, 7) is 5.63. The Morgan fingerprint density at radius 2 is 1.75 bits per heavy atom. The van der Waals surface area contributed by atoms with E-state index in [-0.39, 0.29) is 16.4 Å². The van der Waals surface area contributed by atoms with Gasteiger partial charge in [0.1, 0.15) is 0 Å². The summed E-state index contributed by atoms with van der Waals surface area (Å²) >= 11 is 0. The van der Waals surface area contributed by atoms with Gasteiger partial charge in [0.2, 0.25) is 10.0 Å². The average Bonchev–Trinajstić information content (AvgIpc) is 2.54. The molecule has 0 fully saturated rings. The number of nitrogens with zero attached hydrogens (tertiary/aromatic N) is 2. The first kappa shape index (κ1) is 20.1. The van der Waals surface area contributed by atoms with Crippen molar-refractivity contribution in [1.29, 1.82) is 0 Å². The SMILES string of the molecule is CCN(CC)S(=O)(=O)c1cccc(C(=O)O[C@@H](C)C(=O)N(C)C)c1. The third-order valence-electron chi connectivity index (χ3n) is 3.49. The summed E-state index contributed by atoms with van der Waals surface area (Å²) in [7, 11) is -0.546. The minimum Gasteiger partial charge on any atom is -0.449 e. The summed E-state index contributed by atoms with van der Waals surface area (Å²) in [4.78, 5) is 25.3. The number of sulfonamides is 1. The molecule has 0 aromatic heterocycles. The first-order chi connectivity index (χ1) is 11.1. The first-order valence-corrected chi connectivity index (χ1v) is 9.11. The minimum absolute atomic E-state index is 0.0206. The number of ether oxygens (including phenoxy) is 1. The van der Waals surface area contributed by atoms with Crippen LogP contribution in [0.5, 0.6) is 0 Å². The molecule has 7 nitrogen and oxygen atoms in total. The van der Waals surface area contributed by atoms with Crippen molar-refractivity contribution in [1.82, 2.24) is 9.21 Å². The Balaban J connectivity index is 3.04. The molecule has 0 saturated carbocycles. The van der Waals surface area contributed by atoms with Crippen LogP contribution in [0.15, 0.2) is 29.2 Å². The van der Waals surface area contributed by atoms with E-state index in [2.05, 4.69) is 0 Å². The van der Waals surface area contributed by atoms with Crippen LogP contribution in [-0.4, -0.2) is 62.8 Å². The summed E-state index contributed by atoms with van der Waals surface area (Å²) in [5.74, 6) is -1.09. The molecule has 1 atom stereocenters. The first-order valence-electron chi connectivity index (χ1n) is 7.67. The van der Waals surface area contributed by atoms with Crippen molar-refractivity contribution in [2.75, 3.05) is 27.2 Å². The second-order valence-electron chi connectivity index (χ2n) is 5.40. The molecular weight excluding hydrogens is 332 g/mol. The minimum atomic E-state index is -3.67. The molecule has 0 unspecified atom stereocenters. The van der Waals surface area contributed by atoms with Gasteiger partial charge in [-0.1, -0.05) is 19.9 Å². The summed E-state index contributed by atoms with van der Waals surface area (Å²) < 4.78 is 31.4. The van der Waals surface area contributed by atoms with Crippen LogP contribution in [0.2, 0.25) is 0 Å². The predicted molar refractivity (Wildman–Crippen MR) is 90.1 cm³/mol. The second kappa shape index (κ2) is 8.25. The molecule has 1 aromatic carbocycles. The zero-order valence-corrected chi connectivity index (χ0v) is 15.5. The van der Waals surface area contributed by atoms with Crippen LogP contribution in [0.25, 0.3) is 0 Å². The number of carbonyl (C=O) groups is 2. The van der Waals surface area contributed by atoms with Crippen LogP contribution in [0.1, 0.15) is 31.1 Å². The Bertz CT molecular complexity index is 696. The molecule has 134 valence electrons. The zero-order chi connectivity index (χ0) is 18.5. The summed E-state index contributed by atoms with van der Waals surface area (Å²) in [6.07, 6.45) is -0.949. The summed E-state index contributed by atoms with van der Waals surface area (Å²) in [6, 6.07) is 5.63. The fraction of sp³-hybridized carbons (Fsp3) is 0.500. The Morgan fingerprint density at radius 3 is 2.25 bits per heavy atom. The summed E-state index contributed by atoms with van der Waals surface area (Å²) in [5.41, 5.74) is 0.0848. The van der Waals surface area contributed by atoms with Gasteiger partial charge in [-0.3, -0.25) is 4.79 Å². The summed E-state index contributed by atoms with van der Waals surface area (Å²) in [5, 5.41) is 0. The molecular formula is C16H24N2O5S. The van der Waals surface area contributed by atoms with Crippen molar-refractivity contribution < 1.29 is 22.7 Å². The van der Waals surface area contributed by atoms with Gasteiger partial charge in [0, 0.05) is 27.2 Å². The van der Waals surface area contributed by atoms with Gasteiger partial charge in [0.15, 0.2) is 6.10 Å². The number of carbonyl (C=O) groups excluding carboxylic acids is 2. The third-order valence-corrected chi connectivity index (χ3v) is 5.53. The molecule has 0 heterocycles. The van der Waals surface area contributed by atoms with Gasteiger partial charge in [-0.05, 0) is 25.1 Å². The van der Waals surface area contributed by atoms with Crippen LogP contribution in [-0.2, 0) is 19.6 Å². The van der Waals surface area contributed by atoms with Crippen molar-refractivity contribution in [2.24, 2.45) is 0 Å². The number of likely N-dealkylation sites (N-methyl/N-ethyl adjacent to an activating group) is 1.